The zero-order valence-electron chi connectivity index (χ0n) is 11.4. The molecule has 2 aromatic carbocycles. The number of hydrogen-bond donors (Lipinski definition) is 2. The van der Waals surface area contributed by atoms with Gasteiger partial charge in [-0.1, -0.05) is 35.3 Å². The van der Waals surface area contributed by atoms with Crippen LogP contribution < -0.4 is 10.6 Å². The summed E-state index contributed by atoms with van der Waals surface area (Å²) in [5.74, 6) is -1.96. The molecule has 23 heavy (non-hydrogen) atoms. The van der Waals surface area contributed by atoms with Crippen LogP contribution in [0, 0.1) is 10.1 Å². The van der Waals surface area contributed by atoms with E-state index in [1.807, 2.05) is 0 Å². The molecule has 0 radical (unpaired) electrons. The predicted octanol–water partition coefficient (Wildman–Crippen LogP) is 3.48. The Kier molecular flexibility index (Phi) is 5.15. The summed E-state index contributed by atoms with van der Waals surface area (Å²) in [5, 5.41) is 15.6. The first-order chi connectivity index (χ1) is 10.9. The van der Waals surface area contributed by atoms with Crippen molar-refractivity contribution in [2.24, 2.45) is 0 Å². The van der Waals surface area contributed by atoms with Crippen LogP contribution in [0.2, 0.25) is 10.0 Å². The summed E-state index contributed by atoms with van der Waals surface area (Å²) in [6, 6.07) is 10.0. The fraction of sp³-hybridized carbons (Fsp3) is 0. The second kappa shape index (κ2) is 7.08. The topological polar surface area (TPSA) is 101 Å². The number of nitro groups is 1. The Balaban J connectivity index is 2.10. The number of amides is 2. The average molecular weight is 354 g/mol. The molecule has 0 saturated heterocycles. The fourth-order valence-corrected chi connectivity index (χ4v) is 2.03. The molecule has 0 aliphatic heterocycles. The van der Waals surface area contributed by atoms with Crippen LogP contribution in [0.3, 0.4) is 0 Å². The quantitative estimate of drug-likeness (QED) is 0.500. The van der Waals surface area contributed by atoms with Crippen molar-refractivity contribution in [3.05, 3.63) is 62.6 Å². The lowest BCUT2D eigenvalue weighted by molar-refractivity contribution is -0.384. The van der Waals surface area contributed by atoms with Gasteiger partial charge in [0.15, 0.2) is 0 Å². The van der Waals surface area contributed by atoms with Crippen molar-refractivity contribution in [1.82, 2.24) is 0 Å². The Hall–Kier alpha value is -2.64. The van der Waals surface area contributed by atoms with Crippen molar-refractivity contribution in [2.75, 3.05) is 10.6 Å². The second-order valence-corrected chi connectivity index (χ2v) is 5.13. The highest BCUT2D eigenvalue weighted by atomic mass is 35.5. The molecule has 0 unspecified atom stereocenters. The van der Waals surface area contributed by atoms with Crippen molar-refractivity contribution < 1.29 is 14.5 Å². The Morgan fingerprint density at radius 1 is 0.957 bits per heavy atom. The van der Waals surface area contributed by atoms with Crippen molar-refractivity contribution in [2.45, 2.75) is 0 Å². The van der Waals surface area contributed by atoms with Crippen LogP contribution in [0.4, 0.5) is 17.1 Å². The molecule has 2 aromatic rings. The summed E-state index contributed by atoms with van der Waals surface area (Å²) in [6.45, 7) is 0. The number of rotatable bonds is 3. The van der Waals surface area contributed by atoms with E-state index < -0.39 is 16.7 Å². The molecule has 2 N–H and O–H groups in total. The number of benzene rings is 2. The highest BCUT2D eigenvalue weighted by Gasteiger charge is 2.18. The molecule has 118 valence electrons. The van der Waals surface area contributed by atoms with Gasteiger partial charge in [0, 0.05) is 11.8 Å². The van der Waals surface area contributed by atoms with E-state index in [0.29, 0.717) is 0 Å². The zero-order valence-corrected chi connectivity index (χ0v) is 12.9. The number of carbonyl (C=O) groups is 2. The smallest absolute Gasteiger partial charge is 0.314 e. The van der Waals surface area contributed by atoms with Gasteiger partial charge in [0.25, 0.3) is 5.69 Å². The molecule has 0 fully saturated rings. The van der Waals surface area contributed by atoms with Crippen LogP contribution in [0.1, 0.15) is 0 Å². The molecule has 9 heteroatoms. The minimum Gasteiger partial charge on any atom is -0.318 e. The molecule has 0 aromatic heterocycles. The van der Waals surface area contributed by atoms with Crippen LogP contribution >= 0.6 is 23.2 Å². The van der Waals surface area contributed by atoms with Crippen LogP contribution in [-0.4, -0.2) is 16.7 Å². The van der Waals surface area contributed by atoms with Crippen molar-refractivity contribution in [3.63, 3.8) is 0 Å². The van der Waals surface area contributed by atoms with Crippen molar-refractivity contribution >= 4 is 52.1 Å². The lowest BCUT2D eigenvalue weighted by atomic mass is 10.2. The maximum absolute atomic E-state index is 11.8. The Morgan fingerprint density at radius 3 is 2.26 bits per heavy atom. The van der Waals surface area contributed by atoms with E-state index in [1.54, 1.807) is 18.2 Å². The van der Waals surface area contributed by atoms with Crippen LogP contribution in [0.25, 0.3) is 0 Å². The third kappa shape index (κ3) is 4.18. The molecular weight excluding hydrogens is 345 g/mol. The number of nitrogens with one attached hydrogen (secondary N) is 2. The first kappa shape index (κ1) is 16.7. The minimum absolute atomic E-state index is 0.0698. The largest absolute Gasteiger partial charge is 0.318 e. The van der Waals surface area contributed by atoms with Gasteiger partial charge < -0.3 is 10.6 Å². The molecule has 0 bridgehead atoms. The predicted molar refractivity (Wildman–Crippen MR) is 86.8 cm³/mol. The van der Waals surface area contributed by atoms with E-state index in [2.05, 4.69) is 10.6 Å². The summed E-state index contributed by atoms with van der Waals surface area (Å²) in [4.78, 5) is 33.7. The summed E-state index contributed by atoms with van der Waals surface area (Å²) in [7, 11) is 0. The monoisotopic (exact) mass is 353 g/mol. The average Bonchev–Trinajstić information content (AvgIpc) is 2.51. The Labute approximate surface area is 140 Å². The van der Waals surface area contributed by atoms with Gasteiger partial charge in [-0.05, 0) is 24.3 Å². The maximum atomic E-state index is 11.8. The standard InChI is InChI=1S/C14H9Cl2N3O4/c15-9-3-1-2-4-11(9)18-14(21)13(20)17-8-5-6-10(16)12(7-8)19(22)23/h1-7H,(H,17,20)(H,18,21). The first-order valence-electron chi connectivity index (χ1n) is 6.19. The second-order valence-electron chi connectivity index (χ2n) is 4.31. The maximum Gasteiger partial charge on any atom is 0.314 e. The molecule has 2 amide bonds. The zero-order chi connectivity index (χ0) is 17.0. The number of hydrogen-bond acceptors (Lipinski definition) is 4. The van der Waals surface area contributed by atoms with Gasteiger partial charge in [-0.3, -0.25) is 19.7 Å². The van der Waals surface area contributed by atoms with Gasteiger partial charge in [-0.25, -0.2) is 0 Å². The number of anilines is 2. The molecule has 0 spiro atoms. The fourth-order valence-electron chi connectivity index (χ4n) is 1.66. The minimum atomic E-state index is -0.999. The number of nitro benzene ring substituents is 1. The van der Waals surface area contributed by atoms with E-state index in [0.717, 1.165) is 6.07 Å². The van der Waals surface area contributed by atoms with Crippen LogP contribution in [0.15, 0.2) is 42.5 Å². The molecule has 2 rings (SSSR count). The Bertz CT molecular complexity index is 795. The van der Waals surface area contributed by atoms with Crippen LogP contribution in [-0.2, 0) is 9.59 Å². The van der Waals surface area contributed by atoms with Gasteiger partial charge in [-0.15, -0.1) is 0 Å². The molecule has 0 aliphatic rings. The first-order valence-corrected chi connectivity index (χ1v) is 6.95. The molecule has 0 aliphatic carbocycles. The Morgan fingerprint density at radius 2 is 1.61 bits per heavy atom. The summed E-state index contributed by atoms with van der Waals surface area (Å²) < 4.78 is 0. The van der Waals surface area contributed by atoms with Crippen molar-refractivity contribution in [3.8, 4) is 0 Å². The lowest BCUT2D eigenvalue weighted by Crippen LogP contribution is -2.29. The number of nitrogens with zero attached hydrogens (tertiary/aromatic N) is 1. The van der Waals surface area contributed by atoms with E-state index in [4.69, 9.17) is 23.2 Å². The van der Waals surface area contributed by atoms with E-state index in [-0.39, 0.29) is 27.1 Å². The number of para-hydroxylation sites is 1. The normalized spacial score (nSPS) is 10.0. The summed E-state index contributed by atoms with van der Waals surface area (Å²) in [5.41, 5.74) is -0.0345. The van der Waals surface area contributed by atoms with E-state index in [1.165, 1.54) is 18.2 Å². The van der Waals surface area contributed by atoms with Gasteiger partial charge in [0.2, 0.25) is 0 Å². The molecule has 0 saturated carbocycles. The summed E-state index contributed by atoms with van der Waals surface area (Å²) >= 11 is 11.5. The highest BCUT2D eigenvalue weighted by Crippen LogP contribution is 2.27. The van der Waals surface area contributed by atoms with Gasteiger partial charge in [0.05, 0.1) is 15.6 Å². The SMILES string of the molecule is O=C(Nc1ccc(Cl)c([N+](=O)[O-])c1)C(=O)Nc1ccccc1Cl. The van der Waals surface area contributed by atoms with Gasteiger partial charge >= 0.3 is 11.8 Å². The summed E-state index contributed by atoms with van der Waals surface area (Å²) in [6.07, 6.45) is 0. The van der Waals surface area contributed by atoms with E-state index >= 15 is 0 Å². The van der Waals surface area contributed by atoms with E-state index in [9.17, 15) is 19.7 Å². The van der Waals surface area contributed by atoms with Crippen molar-refractivity contribution in [1.29, 1.82) is 0 Å². The third-order valence-electron chi connectivity index (χ3n) is 2.73. The van der Waals surface area contributed by atoms with Gasteiger partial charge in [-0.2, -0.15) is 0 Å². The number of carbonyl (C=O) groups excluding carboxylic acids is 2. The highest BCUT2D eigenvalue weighted by molar-refractivity contribution is 6.44. The molecule has 0 heterocycles. The number of halogens is 2. The van der Waals surface area contributed by atoms with Crippen LogP contribution in [0.5, 0.6) is 0 Å². The lowest BCUT2D eigenvalue weighted by Gasteiger charge is -2.08. The van der Waals surface area contributed by atoms with Gasteiger partial charge in [0.1, 0.15) is 5.02 Å². The third-order valence-corrected chi connectivity index (χ3v) is 3.38. The molecule has 7 nitrogen and oxygen atoms in total. The molecule has 0 atom stereocenters. The molecular formula is C14H9Cl2N3O4.